The maximum atomic E-state index is 9.04. The predicted octanol–water partition coefficient (Wildman–Crippen LogP) is 5.42. The Kier molecular flexibility index (Phi) is 9.97. The van der Waals surface area contributed by atoms with Gasteiger partial charge in [-0.25, -0.2) is 0 Å². The first-order chi connectivity index (χ1) is 17.1. The molecule has 0 spiro atoms. The first-order valence-corrected chi connectivity index (χ1v) is 15.2. The van der Waals surface area contributed by atoms with Crippen molar-refractivity contribution < 1.29 is 19.0 Å². The Hall–Kier alpha value is -1.94. The lowest BCUT2D eigenvalue weighted by Crippen LogP contribution is -2.67. The lowest BCUT2D eigenvalue weighted by molar-refractivity contribution is -0.143. The van der Waals surface area contributed by atoms with E-state index in [9.17, 15) is 0 Å². The molecule has 0 bridgehead atoms. The average Bonchev–Trinajstić information content (AvgIpc) is 3.14. The van der Waals surface area contributed by atoms with Crippen LogP contribution in [0.4, 0.5) is 0 Å². The number of benzene rings is 2. The Bertz CT molecular complexity index is 948. The van der Waals surface area contributed by atoms with Crippen LogP contribution in [-0.2, 0) is 13.9 Å². The van der Waals surface area contributed by atoms with Crippen molar-refractivity contribution in [2.75, 3.05) is 6.61 Å². The smallest absolute Gasteiger partial charge is 0.261 e. The first kappa shape index (κ1) is 28.6. The Balaban J connectivity index is 1.63. The highest BCUT2D eigenvalue weighted by Gasteiger charge is 2.50. The topological polar surface area (TPSA) is 47.9 Å². The largest absolute Gasteiger partial charge is 0.405 e. The van der Waals surface area contributed by atoms with Gasteiger partial charge < -0.3 is 19.0 Å². The minimum Gasteiger partial charge on any atom is -0.405 e. The lowest BCUT2D eigenvalue weighted by atomic mass is 10.0. The quantitative estimate of drug-likeness (QED) is 0.265. The average molecular weight is 509 g/mol. The van der Waals surface area contributed by atoms with Gasteiger partial charge in [-0.3, -0.25) is 0 Å². The van der Waals surface area contributed by atoms with Crippen molar-refractivity contribution in [2.45, 2.75) is 103 Å². The molecular formula is C31H44O4Si. The number of ether oxygens (including phenoxy) is 2. The highest BCUT2D eigenvalue weighted by molar-refractivity contribution is 6.99. The van der Waals surface area contributed by atoms with Gasteiger partial charge in [-0.05, 0) is 49.0 Å². The van der Waals surface area contributed by atoms with Crippen LogP contribution >= 0.6 is 0 Å². The molecule has 0 aliphatic carbocycles. The van der Waals surface area contributed by atoms with Crippen LogP contribution in [0.1, 0.15) is 73.6 Å². The van der Waals surface area contributed by atoms with Crippen LogP contribution in [0.3, 0.4) is 0 Å². The number of hydrogen-bond donors (Lipinski definition) is 1. The van der Waals surface area contributed by atoms with Gasteiger partial charge in [0.25, 0.3) is 8.32 Å². The van der Waals surface area contributed by atoms with Crippen molar-refractivity contribution in [3.63, 3.8) is 0 Å². The molecule has 0 radical (unpaired) electrons. The molecule has 36 heavy (non-hydrogen) atoms. The molecule has 1 N–H and O–H groups in total. The molecule has 2 aromatic rings. The minimum atomic E-state index is -2.51. The number of unbranched alkanes of at least 4 members (excludes halogenated alkanes) is 2. The molecule has 2 aromatic carbocycles. The van der Waals surface area contributed by atoms with E-state index in [2.05, 4.69) is 100 Å². The summed E-state index contributed by atoms with van der Waals surface area (Å²) in [6.07, 6.45) is 5.01. The van der Waals surface area contributed by atoms with Crippen LogP contribution in [0.25, 0.3) is 0 Å². The zero-order valence-electron chi connectivity index (χ0n) is 22.9. The molecule has 196 valence electrons. The van der Waals surface area contributed by atoms with E-state index in [0.29, 0.717) is 0 Å². The Morgan fingerprint density at radius 1 is 0.944 bits per heavy atom. The molecule has 0 aromatic heterocycles. The van der Waals surface area contributed by atoms with Gasteiger partial charge in [-0.2, -0.15) is 0 Å². The summed E-state index contributed by atoms with van der Waals surface area (Å²) >= 11 is 0. The molecule has 1 saturated heterocycles. The maximum absolute atomic E-state index is 9.04. The second-order valence-electron chi connectivity index (χ2n) is 11.3. The fourth-order valence-corrected chi connectivity index (χ4v) is 10.1. The lowest BCUT2D eigenvalue weighted by Gasteiger charge is -2.44. The maximum Gasteiger partial charge on any atom is 0.261 e. The van der Waals surface area contributed by atoms with Crippen LogP contribution in [0.5, 0.6) is 0 Å². The number of hydrogen-bond acceptors (Lipinski definition) is 4. The van der Waals surface area contributed by atoms with Crippen molar-refractivity contribution in [2.24, 2.45) is 0 Å². The molecule has 3 rings (SSSR count). The third kappa shape index (κ3) is 7.09. The molecule has 0 saturated carbocycles. The summed E-state index contributed by atoms with van der Waals surface area (Å²) in [6.45, 7) is 12.9. The summed E-state index contributed by atoms with van der Waals surface area (Å²) in [5.41, 5.74) is 0. The Morgan fingerprint density at radius 2 is 1.53 bits per heavy atom. The van der Waals surface area contributed by atoms with E-state index in [-0.39, 0.29) is 30.0 Å². The fourth-order valence-electron chi connectivity index (χ4n) is 5.32. The molecule has 1 aliphatic rings. The number of rotatable bonds is 10. The van der Waals surface area contributed by atoms with E-state index in [4.69, 9.17) is 19.0 Å². The highest BCUT2D eigenvalue weighted by Crippen LogP contribution is 2.38. The SMILES string of the molecule is C[C@H](CCCCC[C@H]1OC(C)(C)O[C@@H]1C#CCO)O[Si](c1ccccc1)(c1ccccc1)C(C)(C)C. The molecule has 4 nitrogen and oxygen atoms in total. The van der Waals surface area contributed by atoms with E-state index >= 15 is 0 Å². The normalized spacial score (nSPS) is 20.5. The van der Waals surface area contributed by atoms with Crippen LogP contribution in [0.2, 0.25) is 5.04 Å². The predicted molar refractivity (Wildman–Crippen MR) is 150 cm³/mol. The van der Waals surface area contributed by atoms with Gasteiger partial charge >= 0.3 is 0 Å². The van der Waals surface area contributed by atoms with E-state index in [0.717, 1.165) is 32.1 Å². The van der Waals surface area contributed by atoms with Gasteiger partial charge in [0.2, 0.25) is 0 Å². The summed E-state index contributed by atoms with van der Waals surface area (Å²) < 4.78 is 19.2. The highest BCUT2D eigenvalue weighted by atomic mass is 28.4. The van der Waals surface area contributed by atoms with Gasteiger partial charge in [0.05, 0.1) is 6.10 Å². The zero-order valence-corrected chi connectivity index (χ0v) is 23.9. The number of aliphatic hydroxyl groups excluding tert-OH is 1. The fraction of sp³-hybridized carbons (Fsp3) is 0.548. The van der Waals surface area contributed by atoms with E-state index in [1.807, 2.05) is 13.8 Å². The van der Waals surface area contributed by atoms with Crippen LogP contribution in [0.15, 0.2) is 60.7 Å². The van der Waals surface area contributed by atoms with Gasteiger partial charge in [0, 0.05) is 6.10 Å². The second-order valence-corrected chi connectivity index (χ2v) is 15.6. The summed E-state index contributed by atoms with van der Waals surface area (Å²) in [7, 11) is -2.51. The Labute approximate surface area is 219 Å². The first-order valence-electron chi connectivity index (χ1n) is 13.3. The third-order valence-electron chi connectivity index (χ3n) is 6.90. The molecule has 0 unspecified atom stereocenters. The molecule has 1 fully saturated rings. The summed E-state index contributed by atoms with van der Waals surface area (Å²) in [5.74, 6) is 5.10. The monoisotopic (exact) mass is 508 g/mol. The van der Waals surface area contributed by atoms with Crippen molar-refractivity contribution in [1.82, 2.24) is 0 Å². The van der Waals surface area contributed by atoms with Crippen LogP contribution in [0, 0.1) is 11.8 Å². The molecule has 0 amide bonds. The number of aliphatic hydroxyl groups is 1. The van der Waals surface area contributed by atoms with Crippen molar-refractivity contribution in [1.29, 1.82) is 0 Å². The molecule has 1 aliphatic heterocycles. The van der Waals surface area contributed by atoms with Gasteiger partial charge in [0.15, 0.2) is 5.79 Å². The van der Waals surface area contributed by atoms with Crippen molar-refractivity contribution in [3.05, 3.63) is 60.7 Å². The molecule has 5 heteroatoms. The van der Waals surface area contributed by atoms with Crippen molar-refractivity contribution >= 4 is 18.7 Å². The minimum absolute atomic E-state index is 0.0127. The van der Waals surface area contributed by atoms with E-state index in [1.165, 1.54) is 10.4 Å². The standard InChI is InChI=1S/C31H44O4Si/c1-25(17-10-7-15-22-28-29(23-16-24-32)34-31(5,6)33-28)35-36(30(2,3)4,26-18-11-8-12-19-26)27-20-13-9-14-21-27/h8-9,11-14,18-21,25,28-29,32H,7,10,15,17,22,24H2,1-6H3/t25-,28-,29-/m1/s1. The van der Waals surface area contributed by atoms with E-state index in [1.54, 1.807) is 0 Å². The molecule has 3 atom stereocenters. The van der Waals surface area contributed by atoms with Gasteiger partial charge in [-0.1, -0.05) is 113 Å². The molecule has 1 heterocycles. The van der Waals surface area contributed by atoms with Gasteiger partial charge in [0.1, 0.15) is 12.7 Å². The van der Waals surface area contributed by atoms with Crippen molar-refractivity contribution in [3.8, 4) is 11.8 Å². The second kappa shape index (κ2) is 12.5. The summed E-state index contributed by atoms with van der Waals surface area (Å²) in [6, 6.07) is 21.7. The van der Waals surface area contributed by atoms with E-state index < -0.39 is 14.1 Å². The van der Waals surface area contributed by atoms with Crippen LogP contribution in [-0.4, -0.2) is 44.1 Å². The summed E-state index contributed by atoms with van der Waals surface area (Å²) in [5, 5.41) is 11.7. The molecular weight excluding hydrogens is 464 g/mol. The van der Waals surface area contributed by atoms with Gasteiger partial charge in [-0.15, -0.1) is 0 Å². The third-order valence-corrected chi connectivity index (χ3v) is 12.1. The Morgan fingerprint density at radius 3 is 2.06 bits per heavy atom. The summed E-state index contributed by atoms with van der Waals surface area (Å²) in [4.78, 5) is 0. The van der Waals surface area contributed by atoms with Crippen LogP contribution < -0.4 is 10.4 Å². The zero-order chi connectivity index (χ0) is 26.2.